The minimum atomic E-state index is -0.749. The molecule has 146 valence electrons. The van der Waals surface area contributed by atoms with E-state index in [1.54, 1.807) is 69.7 Å². The summed E-state index contributed by atoms with van der Waals surface area (Å²) in [6.07, 6.45) is 0. The number of carbonyl (C=O) groups excluding carboxylic acids is 2. The summed E-state index contributed by atoms with van der Waals surface area (Å²) < 4.78 is 15.5. The molecule has 2 N–H and O–H groups in total. The molecule has 0 radical (unpaired) electrons. The molecule has 0 amide bonds. The summed E-state index contributed by atoms with van der Waals surface area (Å²) in [6, 6.07) is 13.2. The zero-order valence-electron chi connectivity index (χ0n) is 15.9. The number of methoxy groups -OCH3 is 2. The SMILES string of the molecule is CCOC(=O)C1=C(c2ccc(OC)cc2)[C@@H](C(=O)c2ccc(OC)cc2)NN1. The Morgan fingerprint density at radius 1 is 0.929 bits per heavy atom. The van der Waals surface area contributed by atoms with Gasteiger partial charge in [0, 0.05) is 11.1 Å². The van der Waals surface area contributed by atoms with Crippen LogP contribution in [0.5, 0.6) is 11.5 Å². The summed E-state index contributed by atoms with van der Waals surface area (Å²) in [5.74, 6) is 0.636. The highest BCUT2D eigenvalue weighted by molar-refractivity contribution is 6.12. The van der Waals surface area contributed by atoms with Gasteiger partial charge in [-0.2, -0.15) is 0 Å². The number of ether oxygens (including phenoxy) is 3. The molecule has 0 spiro atoms. The molecule has 7 heteroatoms. The minimum Gasteiger partial charge on any atom is -0.497 e. The van der Waals surface area contributed by atoms with Crippen molar-refractivity contribution in [1.82, 2.24) is 10.9 Å². The van der Waals surface area contributed by atoms with Gasteiger partial charge in [0.1, 0.15) is 23.2 Å². The van der Waals surface area contributed by atoms with Gasteiger partial charge in [0.05, 0.1) is 20.8 Å². The first-order valence-corrected chi connectivity index (χ1v) is 8.84. The van der Waals surface area contributed by atoms with Gasteiger partial charge >= 0.3 is 5.97 Å². The van der Waals surface area contributed by atoms with Crippen molar-refractivity contribution in [2.75, 3.05) is 20.8 Å². The Hall–Kier alpha value is -3.32. The van der Waals surface area contributed by atoms with Crippen LogP contribution in [-0.4, -0.2) is 38.6 Å². The molecule has 0 aliphatic carbocycles. The fourth-order valence-corrected chi connectivity index (χ4v) is 2.99. The highest BCUT2D eigenvalue weighted by Gasteiger charge is 2.35. The van der Waals surface area contributed by atoms with E-state index in [0.29, 0.717) is 28.2 Å². The Kier molecular flexibility index (Phi) is 5.96. The number of Topliss-reactive ketones (excluding diaryl/α,β-unsaturated/α-hetero) is 1. The molecule has 0 saturated carbocycles. The molecule has 28 heavy (non-hydrogen) atoms. The number of hydrogen-bond donors (Lipinski definition) is 2. The van der Waals surface area contributed by atoms with Gasteiger partial charge in [-0.1, -0.05) is 12.1 Å². The van der Waals surface area contributed by atoms with Gasteiger partial charge in [-0.05, 0) is 48.9 Å². The number of ketones is 1. The second-order valence-corrected chi connectivity index (χ2v) is 6.03. The van der Waals surface area contributed by atoms with Crippen LogP contribution in [0.1, 0.15) is 22.8 Å². The molecule has 0 unspecified atom stereocenters. The van der Waals surface area contributed by atoms with E-state index in [2.05, 4.69) is 10.9 Å². The first-order valence-electron chi connectivity index (χ1n) is 8.84. The maximum absolute atomic E-state index is 13.1. The second-order valence-electron chi connectivity index (χ2n) is 6.03. The van der Waals surface area contributed by atoms with E-state index >= 15 is 0 Å². The molecule has 7 nitrogen and oxygen atoms in total. The molecule has 1 heterocycles. The number of rotatable bonds is 7. The van der Waals surface area contributed by atoms with E-state index in [4.69, 9.17) is 14.2 Å². The maximum atomic E-state index is 13.1. The molecule has 2 aromatic carbocycles. The fraction of sp³-hybridized carbons (Fsp3) is 0.238. The molecule has 0 bridgehead atoms. The van der Waals surface area contributed by atoms with Gasteiger partial charge in [0.15, 0.2) is 5.78 Å². The molecule has 0 saturated heterocycles. The lowest BCUT2D eigenvalue weighted by Gasteiger charge is -2.14. The van der Waals surface area contributed by atoms with Crippen LogP contribution in [-0.2, 0) is 9.53 Å². The Morgan fingerprint density at radius 3 is 2.04 bits per heavy atom. The Labute approximate surface area is 163 Å². The van der Waals surface area contributed by atoms with Crippen molar-refractivity contribution in [2.45, 2.75) is 13.0 Å². The largest absolute Gasteiger partial charge is 0.497 e. The number of hydrazine groups is 1. The fourth-order valence-electron chi connectivity index (χ4n) is 2.99. The van der Waals surface area contributed by atoms with Crippen LogP contribution in [0.15, 0.2) is 54.2 Å². The van der Waals surface area contributed by atoms with Gasteiger partial charge in [0.25, 0.3) is 0 Å². The van der Waals surface area contributed by atoms with E-state index in [9.17, 15) is 9.59 Å². The van der Waals surface area contributed by atoms with Crippen molar-refractivity contribution in [2.24, 2.45) is 0 Å². The minimum absolute atomic E-state index is 0.180. The lowest BCUT2D eigenvalue weighted by Crippen LogP contribution is -2.39. The van der Waals surface area contributed by atoms with E-state index in [0.717, 1.165) is 0 Å². The Balaban J connectivity index is 2.00. The van der Waals surface area contributed by atoms with Crippen molar-refractivity contribution in [3.63, 3.8) is 0 Å². The monoisotopic (exact) mass is 382 g/mol. The molecular formula is C21H22N2O5. The molecular weight excluding hydrogens is 360 g/mol. The van der Waals surface area contributed by atoms with Crippen molar-refractivity contribution < 1.29 is 23.8 Å². The van der Waals surface area contributed by atoms with Gasteiger partial charge in [0.2, 0.25) is 0 Å². The maximum Gasteiger partial charge on any atom is 0.356 e. The van der Waals surface area contributed by atoms with Gasteiger partial charge in [-0.3, -0.25) is 4.79 Å². The van der Waals surface area contributed by atoms with Gasteiger partial charge < -0.3 is 19.6 Å². The topological polar surface area (TPSA) is 85.9 Å². The van der Waals surface area contributed by atoms with Crippen molar-refractivity contribution in [3.05, 3.63) is 65.4 Å². The zero-order valence-corrected chi connectivity index (χ0v) is 15.9. The van der Waals surface area contributed by atoms with Gasteiger partial charge in [-0.15, -0.1) is 0 Å². The van der Waals surface area contributed by atoms with Crippen molar-refractivity contribution in [3.8, 4) is 11.5 Å². The predicted molar refractivity (Wildman–Crippen MR) is 104 cm³/mol. The quantitative estimate of drug-likeness (QED) is 0.561. The van der Waals surface area contributed by atoms with E-state index in [-0.39, 0.29) is 18.1 Å². The van der Waals surface area contributed by atoms with Gasteiger partial charge in [-0.25, -0.2) is 10.2 Å². The molecule has 2 aromatic rings. The third-order valence-electron chi connectivity index (χ3n) is 4.42. The number of benzene rings is 2. The van der Waals surface area contributed by atoms with Crippen LogP contribution < -0.4 is 20.3 Å². The number of esters is 1. The number of hydrogen-bond acceptors (Lipinski definition) is 7. The van der Waals surface area contributed by atoms with E-state index in [1.807, 2.05) is 0 Å². The second kappa shape index (κ2) is 8.58. The van der Waals surface area contributed by atoms with Crippen LogP contribution in [0.4, 0.5) is 0 Å². The molecule has 3 rings (SSSR count). The van der Waals surface area contributed by atoms with E-state index < -0.39 is 12.0 Å². The van der Waals surface area contributed by atoms with Crippen LogP contribution >= 0.6 is 0 Å². The standard InChI is InChI=1S/C21H22N2O5/c1-4-28-21(25)19-17(13-5-9-15(26-2)10-6-13)18(22-23-19)20(24)14-7-11-16(27-3)12-8-14/h5-12,18,22-23H,4H2,1-3H3/t18-/m0/s1. The highest BCUT2D eigenvalue weighted by Crippen LogP contribution is 2.29. The zero-order chi connectivity index (χ0) is 20.1. The first-order chi connectivity index (χ1) is 13.6. The summed E-state index contributed by atoms with van der Waals surface area (Å²) in [4.78, 5) is 25.5. The third-order valence-corrected chi connectivity index (χ3v) is 4.42. The molecule has 1 aliphatic rings. The molecule has 0 fully saturated rings. The molecule has 1 aliphatic heterocycles. The lowest BCUT2D eigenvalue weighted by molar-refractivity contribution is -0.138. The Morgan fingerprint density at radius 2 is 1.50 bits per heavy atom. The van der Waals surface area contributed by atoms with Crippen LogP contribution in [0.2, 0.25) is 0 Å². The third kappa shape index (κ3) is 3.84. The van der Waals surface area contributed by atoms with Crippen molar-refractivity contribution in [1.29, 1.82) is 0 Å². The van der Waals surface area contributed by atoms with Crippen LogP contribution in [0.25, 0.3) is 5.57 Å². The summed E-state index contributed by atoms with van der Waals surface area (Å²) in [5.41, 5.74) is 7.70. The van der Waals surface area contributed by atoms with Crippen LogP contribution in [0, 0.1) is 0 Å². The van der Waals surface area contributed by atoms with Crippen LogP contribution in [0.3, 0.4) is 0 Å². The summed E-state index contributed by atoms with van der Waals surface area (Å²) >= 11 is 0. The average molecular weight is 382 g/mol. The Bertz CT molecular complexity index is 888. The summed E-state index contributed by atoms with van der Waals surface area (Å²) in [6.45, 7) is 1.96. The van der Waals surface area contributed by atoms with Crippen molar-refractivity contribution >= 4 is 17.3 Å². The number of nitrogens with one attached hydrogen (secondary N) is 2. The highest BCUT2D eigenvalue weighted by atomic mass is 16.5. The molecule has 0 aromatic heterocycles. The lowest BCUT2D eigenvalue weighted by atomic mass is 9.92. The smallest absolute Gasteiger partial charge is 0.356 e. The molecule has 1 atom stereocenters. The normalized spacial score (nSPS) is 15.8. The average Bonchev–Trinajstić information content (AvgIpc) is 3.18. The van der Waals surface area contributed by atoms with E-state index in [1.165, 1.54) is 0 Å². The summed E-state index contributed by atoms with van der Waals surface area (Å²) in [7, 11) is 3.14. The predicted octanol–water partition coefficient (Wildman–Crippen LogP) is 2.34. The number of carbonyl (C=O) groups is 2. The summed E-state index contributed by atoms with van der Waals surface area (Å²) in [5, 5.41) is 0. The first kappa shape index (κ1) is 19.4.